The normalized spacial score (nSPS) is 10.5. The summed E-state index contributed by atoms with van der Waals surface area (Å²) in [5.41, 5.74) is 0. The number of thioether (sulfide) groups is 2. The van der Waals surface area contributed by atoms with E-state index in [1.165, 1.54) is 11.8 Å². The number of ether oxygens (including phenoxy) is 1. The Morgan fingerprint density at radius 1 is 1.22 bits per heavy atom. The molecule has 96 valence electrons. The molecule has 6 heteroatoms. The Kier molecular flexibility index (Phi) is 5.41. The average molecular weight is 282 g/mol. The molecule has 0 fully saturated rings. The highest BCUT2D eigenvalue weighted by Gasteiger charge is 2.05. The van der Waals surface area contributed by atoms with Crippen molar-refractivity contribution < 1.29 is 9.15 Å². The van der Waals surface area contributed by atoms with E-state index in [9.17, 15) is 0 Å². The molecule has 2 rings (SSSR count). The van der Waals surface area contributed by atoms with E-state index in [0.29, 0.717) is 17.7 Å². The van der Waals surface area contributed by atoms with Crippen LogP contribution in [0.5, 0.6) is 5.75 Å². The topological polar surface area (TPSA) is 48.2 Å². The lowest BCUT2D eigenvalue weighted by molar-refractivity contribution is 0.343. The van der Waals surface area contributed by atoms with Gasteiger partial charge in [-0.25, -0.2) is 0 Å². The summed E-state index contributed by atoms with van der Waals surface area (Å²) in [6.07, 6.45) is 2.00. The summed E-state index contributed by atoms with van der Waals surface area (Å²) >= 11 is 3.18. The van der Waals surface area contributed by atoms with E-state index in [1.807, 2.05) is 36.6 Å². The lowest BCUT2D eigenvalue weighted by Gasteiger charge is -2.03. The maximum absolute atomic E-state index is 5.57. The van der Waals surface area contributed by atoms with Gasteiger partial charge in [-0.2, -0.15) is 11.8 Å². The zero-order valence-electron chi connectivity index (χ0n) is 10.0. The molecule has 0 aliphatic heterocycles. The van der Waals surface area contributed by atoms with Gasteiger partial charge >= 0.3 is 0 Å². The largest absolute Gasteiger partial charge is 0.493 e. The van der Waals surface area contributed by atoms with E-state index in [4.69, 9.17) is 9.15 Å². The third-order valence-electron chi connectivity index (χ3n) is 2.04. The molecule has 0 unspecified atom stereocenters. The zero-order valence-corrected chi connectivity index (χ0v) is 11.7. The number of benzene rings is 1. The molecule has 0 atom stereocenters. The van der Waals surface area contributed by atoms with Gasteiger partial charge in [0.25, 0.3) is 5.22 Å². The third kappa shape index (κ3) is 4.27. The van der Waals surface area contributed by atoms with Gasteiger partial charge in [0.05, 0.1) is 12.4 Å². The van der Waals surface area contributed by atoms with E-state index in [1.54, 1.807) is 11.8 Å². The molecule has 0 N–H and O–H groups in total. The third-order valence-corrected chi connectivity index (χ3v) is 3.36. The Morgan fingerprint density at radius 3 is 2.83 bits per heavy atom. The monoisotopic (exact) mass is 282 g/mol. The van der Waals surface area contributed by atoms with Crippen LogP contribution in [0.2, 0.25) is 0 Å². The first-order valence-electron chi connectivity index (χ1n) is 5.50. The summed E-state index contributed by atoms with van der Waals surface area (Å²) < 4.78 is 11.0. The molecular weight excluding hydrogens is 268 g/mol. The van der Waals surface area contributed by atoms with Gasteiger partial charge in [0.2, 0.25) is 5.89 Å². The standard InChI is InChI=1S/C12H14N2O2S2/c1-17-9-11-13-14-12(16-11)18-8-7-15-10-5-3-2-4-6-10/h2-6H,7-9H2,1H3. The maximum atomic E-state index is 5.57. The Hall–Kier alpha value is -1.14. The molecule has 0 amide bonds. The summed E-state index contributed by atoms with van der Waals surface area (Å²) in [7, 11) is 0. The first-order chi connectivity index (χ1) is 8.88. The van der Waals surface area contributed by atoms with Crippen molar-refractivity contribution in [2.75, 3.05) is 18.6 Å². The summed E-state index contributed by atoms with van der Waals surface area (Å²) in [4.78, 5) is 0. The van der Waals surface area contributed by atoms with Crippen molar-refractivity contribution in [2.24, 2.45) is 0 Å². The molecule has 0 saturated heterocycles. The fraction of sp³-hybridized carbons (Fsp3) is 0.333. The second-order valence-electron chi connectivity index (χ2n) is 3.40. The molecule has 0 spiro atoms. The van der Waals surface area contributed by atoms with Crippen molar-refractivity contribution in [2.45, 2.75) is 11.0 Å². The predicted octanol–water partition coefficient (Wildman–Crippen LogP) is 3.10. The molecule has 4 nitrogen and oxygen atoms in total. The second kappa shape index (κ2) is 7.33. The van der Waals surface area contributed by atoms with Crippen LogP contribution >= 0.6 is 23.5 Å². The van der Waals surface area contributed by atoms with Gasteiger partial charge in [-0.1, -0.05) is 30.0 Å². The van der Waals surface area contributed by atoms with Gasteiger partial charge in [-0.15, -0.1) is 10.2 Å². The van der Waals surface area contributed by atoms with E-state index >= 15 is 0 Å². The van der Waals surface area contributed by atoms with Crippen molar-refractivity contribution in [3.63, 3.8) is 0 Å². The van der Waals surface area contributed by atoms with Crippen molar-refractivity contribution in [3.05, 3.63) is 36.2 Å². The van der Waals surface area contributed by atoms with Crippen LogP contribution in [0.3, 0.4) is 0 Å². The summed E-state index contributed by atoms with van der Waals surface area (Å²) in [6, 6.07) is 9.75. The maximum Gasteiger partial charge on any atom is 0.276 e. The lowest BCUT2D eigenvalue weighted by Crippen LogP contribution is -1.99. The van der Waals surface area contributed by atoms with Gasteiger partial charge < -0.3 is 9.15 Å². The highest BCUT2D eigenvalue weighted by atomic mass is 32.2. The van der Waals surface area contributed by atoms with Crippen LogP contribution in [0.25, 0.3) is 0 Å². The molecule has 1 heterocycles. The van der Waals surface area contributed by atoms with Crippen molar-refractivity contribution in [1.82, 2.24) is 10.2 Å². The Morgan fingerprint density at radius 2 is 2.06 bits per heavy atom. The summed E-state index contributed by atoms with van der Waals surface area (Å²) in [5, 5.41) is 8.51. The number of hydrogen-bond acceptors (Lipinski definition) is 6. The van der Waals surface area contributed by atoms with Gasteiger partial charge in [0, 0.05) is 5.75 Å². The fourth-order valence-corrected chi connectivity index (χ4v) is 2.24. The summed E-state index contributed by atoms with van der Waals surface area (Å²) in [6.45, 7) is 0.620. The molecule has 0 bridgehead atoms. The molecular formula is C12H14N2O2S2. The SMILES string of the molecule is CSCc1nnc(SCCOc2ccccc2)o1. The van der Waals surface area contributed by atoms with E-state index < -0.39 is 0 Å². The van der Waals surface area contributed by atoms with E-state index in [-0.39, 0.29) is 0 Å². The van der Waals surface area contributed by atoms with Crippen LogP contribution < -0.4 is 4.74 Å². The van der Waals surface area contributed by atoms with Gasteiger partial charge in [-0.3, -0.25) is 0 Å². The van der Waals surface area contributed by atoms with E-state index in [0.717, 1.165) is 17.3 Å². The van der Waals surface area contributed by atoms with Crippen molar-refractivity contribution >= 4 is 23.5 Å². The smallest absolute Gasteiger partial charge is 0.276 e. The van der Waals surface area contributed by atoms with Crippen molar-refractivity contribution in [1.29, 1.82) is 0 Å². The number of rotatable bonds is 7. The molecule has 18 heavy (non-hydrogen) atoms. The van der Waals surface area contributed by atoms with Gasteiger partial charge in [-0.05, 0) is 18.4 Å². The van der Waals surface area contributed by atoms with Crippen LogP contribution in [0, 0.1) is 0 Å². The van der Waals surface area contributed by atoms with Crippen molar-refractivity contribution in [3.8, 4) is 5.75 Å². The fourth-order valence-electron chi connectivity index (χ4n) is 1.28. The Balaban J connectivity index is 1.68. The first-order valence-corrected chi connectivity index (χ1v) is 7.88. The molecule has 2 aromatic rings. The van der Waals surface area contributed by atoms with Crippen LogP contribution in [-0.2, 0) is 5.75 Å². The van der Waals surface area contributed by atoms with Gasteiger partial charge in [0.15, 0.2) is 0 Å². The lowest BCUT2D eigenvalue weighted by atomic mass is 10.3. The first kappa shape index (κ1) is 13.3. The second-order valence-corrected chi connectivity index (χ2v) is 5.32. The quantitative estimate of drug-likeness (QED) is 0.574. The highest BCUT2D eigenvalue weighted by molar-refractivity contribution is 7.99. The Bertz CT molecular complexity index is 462. The molecule has 0 aliphatic rings. The molecule has 1 aromatic carbocycles. The molecule has 0 saturated carbocycles. The predicted molar refractivity (Wildman–Crippen MR) is 74.2 cm³/mol. The minimum Gasteiger partial charge on any atom is -0.493 e. The molecule has 0 radical (unpaired) electrons. The minimum absolute atomic E-state index is 0.607. The Labute approximate surface area is 115 Å². The number of nitrogens with zero attached hydrogens (tertiary/aromatic N) is 2. The average Bonchev–Trinajstić information content (AvgIpc) is 2.84. The minimum atomic E-state index is 0.607. The number of para-hydroxylation sites is 1. The molecule has 1 aromatic heterocycles. The zero-order chi connectivity index (χ0) is 12.6. The van der Waals surface area contributed by atoms with Crippen LogP contribution in [-0.4, -0.2) is 28.8 Å². The highest BCUT2D eigenvalue weighted by Crippen LogP contribution is 2.18. The van der Waals surface area contributed by atoms with Gasteiger partial charge in [0.1, 0.15) is 5.75 Å². The van der Waals surface area contributed by atoms with Crippen LogP contribution in [0.1, 0.15) is 5.89 Å². The van der Waals surface area contributed by atoms with Crippen LogP contribution in [0.4, 0.5) is 0 Å². The number of aromatic nitrogens is 2. The van der Waals surface area contributed by atoms with Crippen LogP contribution in [0.15, 0.2) is 40.0 Å². The van der Waals surface area contributed by atoms with E-state index in [2.05, 4.69) is 10.2 Å². The molecule has 0 aliphatic carbocycles. The number of hydrogen-bond donors (Lipinski definition) is 0. The summed E-state index contributed by atoms with van der Waals surface area (Å²) in [5.74, 6) is 3.10.